The molecule has 0 saturated carbocycles. The summed E-state index contributed by atoms with van der Waals surface area (Å²) in [5.41, 5.74) is -2.53. The summed E-state index contributed by atoms with van der Waals surface area (Å²) in [6, 6.07) is -1.04. The number of aliphatic hydroxyl groups is 4. The van der Waals surface area contributed by atoms with Crippen molar-refractivity contribution in [1.82, 2.24) is 9.91 Å². The first-order valence-electron chi connectivity index (χ1n) is 8.78. The molecule has 0 aromatic heterocycles. The van der Waals surface area contributed by atoms with Crippen molar-refractivity contribution in [2.45, 2.75) is 57.0 Å². The zero-order valence-electron chi connectivity index (χ0n) is 15.4. The molecule has 0 aromatic rings. The Morgan fingerprint density at radius 3 is 2.52 bits per heavy atom. The number of hydrogen-bond acceptors (Lipinski definition) is 9. The Labute approximate surface area is 162 Å². The number of likely N-dealkylation sites (N-methyl/N-ethyl adjacent to an activating group) is 1. The number of nitrogens with zero attached hydrogens (tertiary/aromatic N) is 3. The molecule has 1 rings (SSSR count). The summed E-state index contributed by atoms with van der Waals surface area (Å²) < 4.78 is 10.9. The van der Waals surface area contributed by atoms with E-state index in [0.29, 0.717) is 11.4 Å². The highest BCUT2D eigenvalue weighted by atomic mass is 35.5. The number of unbranched alkanes of at least 4 members (excludes halogenated alkanes) is 1. The normalized spacial score (nSPS) is 30.8. The van der Waals surface area contributed by atoms with E-state index < -0.39 is 43.0 Å². The van der Waals surface area contributed by atoms with Gasteiger partial charge in [0.1, 0.15) is 18.3 Å². The Bertz CT molecular complexity index is 488. The summed E-state index contributed by atoms with van der Waals surface area (Å²) >= 11 is 5.55. The molecule has 0 bridgehead atoms. The summed E-state index contributed by atoms with van der Waals surface area (Å²) in [5.74, 6) is -0.0852. The average Bonchev–Trinajstić information content (AvgIpc) is 2.66. The Morgan fingerprint density at radius 2 is 2.04 bits per heavy atom. The van der Waals surface area contributed by atoms with Gasteiger partial charge in [-0.15, -0.1) is 16.5 Å². The first kappa shape index (κ1) is 24.0. The third-order valence-electron chi connectivity index (χ3n) is 4.33. The Kier molecular flexibility index (Phi) is 9.81. The van der Waals surface area contributed by atoms with Crippen molar-refractivity contribution in [3.63, 3.8) is 0 Å². The van der Waals surface area contributed by atoms with Crippen LogP contribution in [0.25, 0.3) is 0 Å². The Hall–Kier alpha value is -1.08. The molecule has 2 amide bonds. The van der Waals surface area contributed by atoms with Gasteiger partial charge in [-0.3, -0.25) is 4.90 Å². The summed E-state index contributed by atoms with van der Waals surface area (Å²) in [7, 11) is 0. The van der Waals surface area contributed by atoms with Crippen molar-refractivity contribution in [2.24, 2.45) is 5.29 Å². The van der Waals surface area contributed by atoms with Gasteiger partial charge in [-0.25, -0.2) is 4.79 Å². The van der Waals surface area contributed by atoms with Crippen LogP contribution in [0.5, 0.6) is 0 Å². The monoisotopic (exact) mass is 413 g/mol. The van der Waals surface area contributed by atoms with Crippen LogP contribution < -0.4 is 0 Å². The molecular weight excluding hydrogens is 386 g/mol. The number of alkyl halides is 1. The molecule has 1 fully saturated rings. The van der Waals surface area contributed by atoms with Gasteiger partial charge in [-0.1, -0.05) is 13.3 Å². The molecule has 0 aliphatic carbocycles. The van der Waals surface area contributed by atoms with Gasteiger partial charge in [0.2, 0.25) is 12.0 Å². The summed E-state index contributed by atoms with van der Waals surface area (Å²) in [4.78, 5) is 24.3. The number of carbonyl (C=O) groups excluding carboxylic acids is 1. The van der Waals surface area contributed by atoms with E-state index in [0.717, 1.165) is 11.3 Å². The third-order valence-corrected chi connectivity index (χ3v) is 4.50. The predicted molar refractivity (Wildman–Crippen MR) is 94.6 cm³/mol. The van der Waals surface area contributed by atoms with Crippen molar-refractivity contribution in [2.75, 3.05) is 32.2 Å². The lowest BCUT2D eigenvalue weighted by Gasteiger charge is -2.52. The van der Waals surface area contributed by atoms with Gasteiger partial charge in [0.05, 0.1) is 18.4 Å². The summed E-state index contributed by atoms with van der Waals surface area (Å²) in [6.07, 6.45) is -5.08. The summed E-state index contributed by atoms with van der Waals surface area (Å²) in [5, 5.41) is 44.3. The van der Waals surface area contributed by atoms with Crippen LogP contribution in [0.3, 0.4) is 0 Å². The maximum atomic E-state index is 12.7. The molecule has 0 aromatic carbocycles. The summed E-state index contributed by atoms with van der Waals surface area (Å²) in [6.45, 7) is 2.49. The molecule has 0 unspecified atom stereocenters. The first-order valence-corrected chi connectivity index (χ1v) is 9.31. The highest BCUT2D eigenvalue weighted by Crippen LogP contribution is 2.34. The number of hydrogen-bond donors (Lipinski definition) is 4. The lowest BCUT2D eigenvalue weighted by molar-refractivity contribution is -0.372. The van der Waals surface area contributed by atoms with Crippen LogP contribution in [-0.2, 0) is 9.47 Å². The fraction of sp³-hybridized carbons (Fsp3) is 0.933. The molecule has 11 nitrogen and oxygen atoms in total. The molecule has 0 radical (unpaired) electrons. The van der Waals surface area contributed by atoms with Crippen LogP contribution in [0, 0.1) is 4.91 Å². The second kappa shape index (κ2) is 11.1. The van der Waals surface area contributed by atoms with E-state index in [1.807, 2.05) is 6.92 Å². The molecule has 12 heteroatoms. The molecule has 5 atom stereocenters. The molecule has 4 N–H and O–H groups in total. The maximum Gasteiger partial charge on any atom is 0.345 e. The van der Waals surface area contributed by atoms with E-state index in [9.17, 15) is 30.1 Å². The van der Waals surface area contributed by atoms with Gasteiger partial charge in [0.25, 0.3) is 0 Å². The quantitative estimate of drug-likeness (QED) is 0.124. The SMILES string of the molecule is CCCCO[C@H]1O[C@H](CO)[C@@H](O)[C@H](O)[C@@]1(O)N(CC)C(=O)N(CCCl)N=O. The number of nitroso groups, excluding NO2 is 1. The van der Waals surface area contributed by atoms with E-state index in [1.165, 1.54) is 6.92 Å². The number of amides is 2. The second-order valence-electron chi connectivity index (χ2n) is 6.05. The van der Waals surface area contributed by atoms with Crippen LogP contribution in [0.15, 0.2) is 5.29 Å². The van der Waals surface area contributed by atoms with Crippen molar-refractivity contribution in [1.29, 1.82) is 0 Å². The lowest BCUT2D eigenvalue weighted by Crippen LogP contribution is -2.75. The minimum absolute atomic E-state index is 0.0852. The van der Waals surface area contributed by atoms with Crippen molar-refractivity contribution < 1.29 is 34.7 Å². The number of urea groups is 1. The molecule has 1 saturated heterocycles. The van der Waals surface area contributed by atoms with E-state index in [4.69, 9.17) is 21.1 Å². The fourth-order valence-corrected chi connectivity index (χ4v) is 2.96. The van der Waals surface area contributed by atoms with E-state index in [2.05, 4.69) is 5.29 Å². The number of aliphatic hydroxyl groups excluding tert-OH is 3. The lowest BCUT2D eigenvalue weighted by atomic mass is 9.92. The molecule has 0 spiro atoms. The zero-order valence-corrected chi connectivity index (χ0v) is 16.2. The predicted octanol–water partition coefficient (Wildman–Crippen LogP) is -0.405. The van der Waals surface area contributed by atoms with Crippen molar-refractivity contribution in [3.8, 4) is 0 Å². The van der Waals surface area contributed by atoms with Gasteiger partial charge in [0, 0.05) is 19.0 Å². The number of carbonyl (C=O) groups is 1. The van der Waals surface area contributed by atoms with E-state index >= 15 is 0 Å². The number of ether oxygens (including phenoxy) is 2. The molecule has 1 aliphatic rings. The third kappa shape index (κ3) is 5.05. The minimum atomic E-state index is -2.53. The highest BCUT2D eigenvalue weighted by Gasteiger charge is 2.60. The number of rotatable bonds is 10. The largest absolute Gasteiger partial charge is 0.394 e. The van der Waals surface area contributed by atoms with Gasteiger partial charge in [-0.05, 0) is 13.3 Å². The second-order valence-corrected chi connectivity index (χ2v) is 6.43. The average molecular weight is 414 g/mol. The zero-order chi connectivity index (χ0) is 20.6. The van der Waals surface area contributed by atoms with Crippen LogP contribution in [0.2, 0.25) is 0 Å². The van der Waals surface area contributed by atoms with Crippen LogP contribution in [0.1, 0.15) is 26.7 Å². The van der Waals surface area contributed by atoms with Gasteiger partial charge in [0.15, 0.2) is 0 Å². The van der Waals surface area contributed by atoms with Gasteiger partial charge in [-0.2, -0.15) is 5.01 Å². The standard InChI is InChI=1S/C15H28ClN3O8/c1-3-5-8-26-13-15(24,12(22)11(21)10(9-20)27-13)18(4-2)14(23)19(17-25)7-6-16/h10-13,20-22,24H,3-9H2,1-2H3/t10-,11-,12+,13+,15+/m1/s1. The highest BCUT2D eigenvalue weighted by molar-refractivity contribution is 6.18. The van der Waals surface area contributed by atoms with Crippen LogP contribution in [-0.4, -0.2) is 98.9 Å². The molecular formula is C15H28ClN3O8. The smallest absolute Gasteiger partial charge is 0.345 e. The van der Waals surface area contributed by atoms with Crippen molar-refractivity contribution in [3.05, 3.63) is 4.91 Å². The van der Waals surface area contributed by atoms with E-state index in [1.54, 1.807) is 0 Å². The minimum Gasteiger partial charge on any atom is -0.394 e. The fourth-order valence-electron chi connectivity index (χ4n) is 2.80. The van der Waals surface area contributed by atoms with Gasteiger partial charge >= 0.3 is 6.03 Å². The van der Waals surface area contributed by atoms with Crippen molar-refractivity contribution >= 4 is 17.6 Å². The Morgan fingerprint density at radius 1 is 1.37 bits per heavy atom. The molecule has 158 valence electrons. The van der Waals surface area contributed by atoms with Crippen LogP contribution in [0.4, 0.5) is 4.79 Å². The Balaban J connectivity index is 3.25. The molecule has 27 heavy (non-hydrogen) atoms. The maximum absolute atomic E-state index is 12.7. The van der Waals surface area contributed by atoms with Gasteiger partial charge < -0.3 is 29.9 Å². The van der Waals surface area contributed by atoms with Crippen LogP contribution >= 0.6 is 11.6 Å². The topological polar surface area (TPSA) is 152 Å². The molecule has 1 heterocycles. The van der Waals surface area contributed by atoms with E-state index in [-0.39, 0.29) is 25.6 Å². The number of halogens is 1. The first-order chi connectivity index (χ1) is 12.8. The molecule has 1 aliphatic heterocycles.